The molecule has 1 unspecified atom stereocenters. The van der Waals surface area contributed by atoms with Gasteiger partial charge in [-0.2, -0.15) is 0 Å². The van der Waals surface area contributed by atoms with Gasteiger partial charge >= 0.3 is 0 Å². The highest BCUT2D eigenvalue weighted by molar-refractivity contribution is 5.86. The van der Waals surface area contributed by atoms with Crippen molar-refractivity contribution in [2.45, 2.75) is 6.10 Å². The summed E-state index contributed by atoms with van der Waals surface area (Å²) < 4.78 is 12.9. The molecule has 94 valence electrons. The van der Waals surface area contributed by atoms with Gasteiger partial charge in [0.2, 0.25) is 0 Å². The normalized spacial score (nSPS) is 12.5. The first-order valence-corrected chi connectivity index (χ1v) is 6.03. The molecule has 1 heterocycles. The van der Waals surface area contributed by atoms with E-state index in [-0.39, 0.29) is 0 Å². The lowest BCUT2D eigenvalue weighted by Gasteiger charge is -2.13. The van der Waals surface area contributed by atoms with Crippen LogP contribution in [0.5, 0.6) is 0 Å². The van der Waals surface area contributed by atoms with Crippen molar-refractivity contribution in [3.05, 3.63) is 77.9 Å². The van der Waals surface area contributed by atoms with Crippen molar-refractivity contribution in [2.24, 2.45) is 0 Å². The molecule has 3 rings (SSSR count). The number of rotatable bonds is 2. The highest BCUT2D eigenvalue weighted by Gasteiger charge is 2.14. The lowest BCUT2D eigenvalue weighted by Crippen LogP contribution is -2.03. The molecule has 2 aromatic carbocycles. The number of nitrogens with zero attached hydrogens (tertiary/aromatic N) is 1. The molecular formula is C16H12FNO. The van der Waals surface area contributed by atoms with Crippen LogP contribution in [0.2, 0.25) is 0 Å². The predicted molar refractivity (Wildman–Crippen MR) is 72.2 cm³/mol. The van der Waals surface area contributed by atoms with Crippen LogP contribution in [0.4, 0.5) is 4.39 Å². The Bertz CT molecular complexity index is 704. The van der Waals surface area contributed by atoms with Gasteiger partial charge in [-0.1, -0.05) is 42.5 Å². The summed E-state index contributed by atoms with van der Waals surface area (Å²) >= 11 is 0. The van der Waals surface area contributed by atoms with Crippen molar-refractivity contribution < 1.29 is 9.50 Å². The lowest BCUT2D eigenvalue weighted by molar-refractivity contribution is 0.216. The fraction of sp³-hybridized carbons (Fsp3) is 0.0625. The van der Waals surface area contributed by atoms with E-state index in [0.29, 0.717) is 5.69 Å². The predicted octanol–water partition coefficient (Wildman–Crippen LogP) is 3.46. The Morgan fingerprint density at radius 2 is 1.74 bits per heavy atom. The fourth-order valence-electron chi connectivity index (χ4n) is 2.20. The largest absolute Gasteiger partial charge is 0.382 e. The van der Waals surface area contributed by atoms with E-state index in [1.54, 1.807) is 0 Å². The number of fused-ring (bicyclic) bond motifs is 1. The summed E-state index contributed by atoms with van der Waals surface area (Å²) in [6.07, 6.45) is 0.260. The highest BCUT2D eigenvalue weighted by atomic mass is 19.1. The zero-order valence-electron chi connectivity index (χ0n) is 10.1. The van der Waals surface area contributed by atoms with Crippen molar-refractivity contribution in [3.63, 3.8) is 0 Å². The van der Waals surface area contributed by atoms with Crippen LogP contribution < -0.4 is 0 Å². The second kappa shape index (κ2) is 4.78. The molecule has 3 aromatic rings. The minimum absolute atomic E-state index is 0.408. The van der Waals surface area contributed by atoms with Gasteiger partial charge in [-0.05, 0) is 28.5 Å². The van der Waals surface area contributed by atoms with Gasteiger partial charge in [-0.3, -0.25) is 4.98 Å². The number of hydrogen-bond acceptors (Lipinski definition) is 2. The van der Waals surface area contributed by atoms with E-state index in [9.17, 15) is 9.50 Å². The number of hydrogen-bond donors (Lipinski definition) is 1. The van der Waals surface area contributed by atoms with E-state index in [1.165, 1.54) is 12.1 Å². The van der Waals surface area contributed by atoms with Gasteiger partial charge in [-0.25, -0.2) is 4.39 Å². The average Bonchev–Trinajstić information content (AvgIpc) is 2.47. The number of aromatic nitrogens is 1. The van der Waals surface area contributed by atoms with Gasteiger partial charge in [0.15, 0.2) is 0 Å². The monoisotopic (exact) mass is 253 g/mol. The number of benzene rings is 2. The molecular weight excluding hydrogens is 241 g/mol. The Morgan fingerprint density at radius 3 is 2.53 bits per heavy atom. The molecule has 0 amide bonds. The van der Waals surface area contributed by atoms with E-state index in [0.717, 1.165) is 22.5 Å². The third kappa shape index (κ3) is 2.20. The fourth-order valence-corrected chi connectivity index (χ4v) is 2.20. The van der Waals surface area contributed by atoms with Gasteiger partial charge < -0.3 is 5.11 Å². The van der Waals surface area contributed by atoms with Crippen molar-refractivity contribution >= 4 is 10.8 Å². The Balaban J connectivity index is 2.11. The molecule has 19 heavy (non-hydrogen) atoms. The summed E-state index contributed by atoms with van der Waals surface area (Å²) in [5, 5.41) is 12.4. The summed E-state index contributed by atoms with van der Waals surface area (Å²) in [6.45, 7) is 0. The molecule has 1 atom stereocenters. The Labute approximate surface area is 110 Å². The summed E-state index contributed by atoms with van der Waals surface area (Å²) in [6, 6.07) is 16.4. The van der Waals surface area contributed by atoms with Crippen LogP contribution in [0.15, 0.2) is 60.8 Å². The average molecular weight is 253 g/mol. The molecule has 0 aliphatic heterocycles. The van der Waals surface area contributed by atoms with Crippen LogP contribution in [0.25, 0.3) is 10.8 Å². The minimum atomic E-state index is -0.855. The summed E-state index contributed by atoms with van der Waals surface area (Å²) in [4.78, 5) is 3.94. The van der Waals surface area contributed by atoms with Gasteiger partial charge in [0.05, 0.1) is 11.9 Å². The van der Waals surface area contributed by atoms with Gasteiger partial charge in [-0.15, -0.1) is 0 Å². The van der Waals surface area contributed by atoms with Crippen LogP contribution in [-0.2, 0) is 0 Å². The molecule has 0 bridgehead atoms. The maximum Gasteiger partial charge on any atom is 0.141 e. The quantitative estimate of drug-likeness (QED) is 0.758. The number of aliphatic hydroxyl groups excluding tert-OH is 1. The maximum atomic E-state index is 12.9. The Hall–Kier alpha value is -2.26. The van der Waals surface area contributed by atoms with Crippen LogP contribution in [0, 0.1) is 5.82 Å². The first kappa shape index (κ1) is 11.8. The minimum Gasteiger partial charge on any atom is -0.382 e. The van der Waals surface area contributed by atoms with E-state index in [1.807, 2.05) is 42.5 Å². The second-order valence-corrected chi connectivity index (χ2v) is 4.37. The highest BCUT2D eigenvalue weighted by Crippen LogP contribution is 2.27. The molecule has 3 heteroatoms. The molecule has 0 saturated carbocycles. The molecule has 1 N–H and O–H groups in total. The molecule has 0 fully saturated rings. The van der Waals surface area contributed by atoms with Gasteiger partial charge in [0.1, 0.15) is 11.9 Å². The SMILES string of the molecule is OC(c1ccc(F)cn1)c1cccc2ccccc12. The smallest absolute Gasteiger partial charge is 0.141 e. The summed E-state index contributed by atoms with van der Waals surface area (Å²) in [5.41, 5.74) is 1.22. The van der Waals surface area contributed by atoms with E-state index < -0.39 is 11.9 Å². The van der Waals surface area contributed by atoms with Gasteiger partial charge in [0, 0.05) is 0 Å². The van der Waals surface area contributed by atoms with Crippen molar-refractivity contribution in [1.29, 1.82) is 0 Å². The zero-order valence-corrected chi connectivity index (χ0v) is 10.1. The number of aliphatic hydroxyl groups is 1. The molecule has 1 aromatic heterocycles. The lowest BCUT2D eigenvalue weighted by atomic mass is 9.98. The molecule has 0 aliphatic carbocycles. The molecule has 0 spiro atoms. The van der Waals surface area contributed by atoms with Crippen LogP contribution in [0.1, 0.15) is 17.4 Å². The van der Waals surface area contributed by atoms with Crippen molar-refractivity contribution in [2.75, 3.05) is 0 Å². The van der Waals surface area contributed by atoms with Crippen molar-refractivity contribution in [3.8, 4) is 0 Å². The Morgan fingerprint density at radius 1 is 0.947 bits per heavy atom. The third-order valence-electron chi connectivity index (χ3n) is 3.15. The Kier molecular flexibility index (Phi) is 2.97. The molecule has 0 saturated heterocycles. The topological polar surface area (TPSA) is 33.1 Å². The third-order valence-corrected chi connectivity index (χ3v) is 3.15. The molecule has 2 nitrogen and oxygen atoms in total. The second-order valence-electron chi connectivity index (χ2n) is 4.37. The summed E-state index contributed by atoms with van der Waals surface area (Å²) in [7, 11) is 0. The zero-order chi connectivity index (χ0) is 13.2. The molecule has 0 aliphatic rings. The van der Waals surface area contributed by atoms with Crippen LogP contribution in [-0.4, -0.2) is 10.1 Å². The van der Waals surface area contributed by atoms with E-state index in [4.69, 9.17) is 0 Å². The van der Waals surface area contributed by atoms with E-state index in [2.05, 4.69) is 4.98 Å². The standard InChI is InChI=1S/C16H12FNO/c17-12-8-9-15(18-10-12)16(19)14-7-3-5-11-4-1-2-6-13(11)14/h1-10,16,19H. The van der Waals surface area contributed by atoms with Crippen molar-refractivity contribution in [1.82, 2.24) is 4.98 Å². The number of halogens is 1. The summed E-state index contributed by atoms with van der Waals surface area (Å²) in [5.74, 6) is -0.408. The van der Waals surface area contributed by atoms with Crippen LogP contribution >= 0.6 is 0 Å². The first-order valence-electron chi connectivity index (χ1n) is 6.03. The first-order chi connectivity index (χ1) is 9.25. The number of pyridine rings is 1. The van der Waals surface area contributed by atoms with Gasteiger partial charge in [0.25, 0.3) is 0 Å². The van der Waals surface area contributed by atoms with Crippen LogP contribution in [0.3, 0.4) is 0 Å². The molecule has 0 radical (unpaired) electrons. The maximum absolute atomic E-state index is 12.9. The van der Waals surface area contributed by atoms with E-state index >= 15 is 0 Å².